The van der Waals surface area contributed by atoms with E-state index in [0.717, 1.165) is 0 Å². The van der Waals surface area contributed by atoms with Crippen LogP contribution in [0.15, 0.2) is 24.3 Å². The first-order valence-electron chi connectivity index (χ1n) is 3.79. The molecule has 0 aliphatic heterocycles. The van der Waals surface area contributed by atoms with E-state index in [9.17, 15) is 18.0 Å². The second-order valence-corrected chi connectivity index (χ2v) is 2.96. The van der Waals surface area contributed by atoms with Gasteiger partial charge in [-0.1, -0.05) is 23.7 Å². The molecule has 0 aliphatic carbocycles. The summed E-state index contributed by atoms with van der Waals surface area (Å²) in [5.74, 6) is -2.08. The lowest BCUT2D eigenvalue weighted by Crippen LogP contribution is -2.40. The number of carbonyl (C=O) groups is 1. The summed E-state index contributed by atoms with van der Waals surface area (Å²) in [6.07, 6.45) is -4.92. The molecule has 0 saturated heterocycles. The minimum atomic E-state index is -4.92. The number of halogens is 4. The summed E-state index contributed by atoms with van der Waals surface area (Å²) < 4.78 is 35.3. The zero-order valence-corrected chi connectivity index (χ0v) is 7.99. The monoisotopic (exact) mass is 238 g/mol. The lowest BCUT2D eigenvalue weighted by molar-refractivity contribution is -0.173. The normalized spacial score (nSPS) is 10.9. The van der Waals surface area contributed by atoms with Crippen molar-refractivity contribution in [2.75, 3.05) is 5.43 Å². The molecular weight excluding hydrogens is 233 g/mol. The SMILES string of the molecule is O=C(NNc1ccccc1Cl)C(F)(F)F. The van der Waals surface area contributed by atoms with Crippen molar-refractivity contribution in [2.24, 2.45) is 0 Å². The van der Waals surface area contributed by atoms with Crippen LogP contribution < -0.4 is 10.9 Å². The van der Waals surface area contributed by atoms with Gasteiger partial charge < -0.3 is 0 Å². The number of hydrogen-bond donors (Lipinski definition) is 2. The van der Waals surface area contributed by atoms with Crippen molar-refractivity contribution in [3.8, 4) is 0 Å². The molecule has 0 unspecified atom stereocenters. The molecule has 7 heteroatoms. The standard InChI is InChI=1S/C8H6ClF3N2O/c9-5-3-1-2-4-6(5)13-14-7(15)8(10,11)12/h1-4,13H,(H,14,15). The highest BCUT2D eigenvalue weighted by atomic mass is 35.5. The molecule has 1 aromatic carbocycles. The van der Waals surface area contributed by atoms with Crippen LogP contribution in [-0.2, 0) is 4.79 Å². The van der Waals surface area contributed by atoms with Crippen LogP contribution in [0.25, 0.3) is 0 Å². The first kappa shape index (κ1) is 11.6. The number of nitrogens with one attached hydrogen (secondary N) is 2. The van der Waals surface area contributed by atoms with Gasteiger partial charge in [0.2, 0.25) is 0 Å². The molecule has 82 valence electrons. The summed E-state index contributed by atoms with van der Waals surface area (Å²) in [5.41, 5.74) is 3.74. The number of hydrazine groups is 1. The maximum atomic E-state index is 11.8. The molecule has 0 atom stereocenters. The minimum absolute atomic E-state index is 0.191. The van der Waals surface area contributed by atoms with Gasteiger partial charge in [-0.3, -0.25) is 15.6 Å². The van der Waals surface area contributed by atoms with Gasteiger partial charge in [0.1, 0.15) is 0 Å². The molecule has 1 rings (SSSR count). The number of benzene rings is 1. The summed E-state index contributed by atoms with van der Waals surface area (Å²) >= 11 is 5.63. The van der Waals surface area contributed by atoms with Crippen LogP contribution in [0.5, 0.6) is 0 Å². The third-order valence-corrected chi connectivity index (χ3v) is 1.77. The Bertz CT molecular complexity index is 367. The Morgan fingerprint density at radius 3 is 2.40 bits per heavy atom. The Labute approximate surface area is 88.2 Å². The largest absolute Gasteiger partial charge is 0.472 e. The van der Waals surface area contributed by atoms with Crippen molar-refractivity contribution >= 4 is 23.2 Å². The van der Waals surface area contributed by atoms with Gasteiger partial charge >= 0.3 is 12.1 Å². The predicted octanol–water partition coefficient (Wildman–Crippen LogP) is 2.35. The van der Waals surface area contributed by atoms with E-state index < -0.39 is 12.1 Å². The molecule has 0 fully saturated rings. The van der Waals surface area contributed by atoms with E-state index in [4.69, 9.17) is 11.6 Å². The Kier molecular flexibility index (Phi) is 3.41. The Morgan fingerprint density at radius 1 is 1.27 bits per heavy atom. The lowest BCUT2D eigenvalue weighted by atomic mass is 10.3. The topological polar surface area (TPSA) is 41.1 Å². The maximum Gasteiger partial charge on any atom is 0.472 e. The van der Waals surface area contributed by atoms with Crippen LogP contribution in [0.2, 0.25) is 5.02 Å². The Balaban J connectivity index is 2.59. The molecule has 2 N–H and O–H groups in total. The number of carbonyl (C=O) groups excluding carboxylic acids is 1. The number of anilines is 1. The van der Waals surface area contributed by atoms with Crippen molar-refractivity contribution in [1.29, 1.82) is 0 Å². The predicted molar refractivity (Wildman–Crippen MR) is 49.3 cm³/mol. The second-order valence-electron chi connectivity index (χ2n) is 2.56. The zero-order valence-electron chi connectivity index (χ0n) is 7.23. The highest BCUT2D eigenvalue weighted by Crippen LogP contribution is 2.20. The van der Waals surface area contributed by atoms with Crippen LogP contribution in [-0.4, -0.2) is 12.1 Å². The van der Waals surface area contributed by atoms with Gasteiger partial charge in [0, 0.05) is 0 Å². The van der Waals surface area contributed by atoms with Crippen LogP contribution in [0, 0.1) is 0 Å². The van der Waals surface area contributed by atoms with Gasteiger partial charge in [0.25, 0.3) is 0 Å². The van der Waals surface area contributed by atoms with Crippen molar-refractivity contribution < 1.29 is 18.0 Å². The zero-order chi connectivity index (χ0) is 11.5. The van der Waals surface area contributed by atoms with Gasteiger partial charge in [-0.25, -0.2) is 0 Å². The molecule has 1 aromatic rings. The fourth-order valence-corrected chi connectivity index (χ4v) is 0.941. The average Bonchev–Trinajstić information content (AvgIpc) is 2.14. The second kappa shape index (κ2) is 4.39. The summed E-state index contributed by atoms with van der Waals surface area (Å²) in [6.45, 7) is 0. The minimum Gasteiger partial charge on any atom is -0.297 e. The highest BCUT2D eigenvalue weighted by Gasteiger charge is 2.38. The molecule has 15 heavy (non-hydrogen) atoms. The van der Waals surface area contributed by atoms with E-state index in [1.165, 1.54) is 17.6 Å². The van der Waals surface area contributed by atoms with Crippen LogP contribution in [0.3, 0.4) is 0 Å². The van der Waals surface area contributed by atoms with Gasteiger partial charge in [-0.05, 0) is 12.1 Å². The molecule has 0 saturated carbocycles. The molecule has 0 radical (unpaired) electrons. The van der Waals surface area contributed by atoms with E-state index >= 15 is 0 Å². The van der Waals surface area contributed by atoms with Crippen LogP contribution >= 0.6 is 11.6 Å². The Morgan fingerprint density at radius 2 is 1.87 bits per heavy atom. The lowest BCUT2D eigenvalue weighted by Gasteiger charge is -2.10. The first-order chi connectivity index (χ1) is 6.91. The third-order valence-electron chi connectivity index (χ3n) is 1.44. The molecule has 1 amide bonds. The fraction of sp³-hybridized carbons (Fsp3) is 0.125. The maximum absolute atomic E-state index is 11.8. The summed E-state index contributed by atoms with van der Waals surface area (Å²) in [4.78, 5) is 10.4. The summed E-state index contributed by atoms with van der Waals surface area (Å²) in [6, 6.07) is 6.08. The number of para-hydroxylation sites is 1. The molecule has 0 aliphatic rings. The molecule has 0 heterocycles. The molecular formula is C8H6ClF3N2O. The van der Waals surface area contributed by atoms with E-state index in [0.29, 0.717) is 0 Å². The number of alkyl halides is 3. The van der Waals surface area contributed by atoms with Gasteiger partial charge in [-0.15, -0.1) is 0 Å². The quantitative estimate of drug-likeness (QED) is 0.777. The van der Waals surface area contributed by atoms with Gasteiger partial charge in [-0.2, -0.15) is 13.2 Å². The first-order valence-corrected chi connectivity index (χ1v) is 4.17. The number of amides is 1. The van der Waals surface area contributed by atoms with Crippen LogP contribution in [0.1, 0.15) is 0 Å². The Hall–Kier alpha value is -1.43. The van der Waals surface area contributed by atoms with Crippen molar-refractivity contribution in [3.05, 3.63) is 29.3 Å². The summed E-state index contributed by atoms with van der Waals surface area (Å²) in [5, 5.41) is 0.208. The van der Waals surface area contributed by atoms with Crippen molar-refractivity contribution in [3.63, 3.8) is 0 Å². The van der Waals surface area contributed by atoms with Crippen molar-refractivity contribution in [1.82, 2.24) is 5.43 Å². The smallest absolute Gasteiger partial charge is 0.297 e. The molecule has 0 spiro atoms. The van der Waals surface area contributed by atoms with E-state index in [1.54, 1.807) is 12.1 Å². The van der Waals surface area contributed by atoms with Gasteiger partial charge in [0.15, 0.2) is 0 Å². The molecule has 0 bridgehead atoms. The molecule has 0 aromatic heterocycles. The molecule has 3 nitrogen and oxygen atoms in total. The van der Waals surface area contributed by atoms with Gasteiger partial charge in [0.05, 0.1) is 10.7 Å². The van der Waals surface area contributed by atoms with E-state index in [-0.39, 0.29) is 10.7 Å². The van der Waals surface area contributed by atoms with Crippen molar-refractivity contribution in [2.45, 2.75) is 6.18 Å². The highest BCUT2D eigenvalue weighted by molar-refractivity contribution is 6.33. The van der Waals surface area contributed by atoms with E-state index in [1.807, 2.05) is 0 Å². The van der Waals surface area contributed by atoms with E-state index in [2.05, 4.69) is 5.43 Å². The fourth-order valence-electron chi connectivity index (χ4n) is 0.758. The van der Waals surface area contributed by atoms with Crippen LogP contribution in [0.4, 0.5) is 18.9 Å². The number of hydrogen-bond acceptors (Lipinski definition) is 2. The third kappa shape index (κ3) is 3.32. The average molecular weight is 239 g/mol. The number of rotatable bonds is 2. The summed E-state index contributed by atoms with van der Waals surface area (Å²) in [7, 11) is 0.